The second-order valence-electron chi connectivity index (χ2n) is 4.06. The fourth-order valence-electron chi connectivity index (χ4n) is 1.74. The van der Waals surface area contributed by atoms with Crippen LogP contribution in [-0.4, -0.2) is 16.5 Å². The number of anilines is 1. The molecule has 3 nitrogen and oxygen atoms in total. The molecule has 5 heteroatoms. The summed E-state index contributed by atoms with van der Waals surface area (Å²) < 4.78 is 26.7. The van der Waals surface area contributed by atoms with Crippen molar-refractivity contribution in [2.45, 2.75) is 20.0 Å². The molecule has 18 heavy (non-hydrogen) atoms. The smallest absolute Gasteiger partial charge is 0.123 e. The third kappa shape index (κ3) is 3.06. The highest BCUT2D eigenvalue weighted by Gasteiger charge is 2.04. The SMILES string of the molecule is Cc1nn(CCF)cc1NCc1cccc(F)c1. The largest absolute Gasteiger partial charge is 0.378 e. The lowest BCUT2D eigenvalue weighted by Gasteiger charge is -2.04. The molecular weight excluding hydrogens is 236 g/mol. The van der Waals surface area contributed by atoms with Gasteiger partial charge in [-0.1, -0.05) is 12.1 Å². The van der Waals surface area contributed by atoms with Gasteiger partial charge in [0.1, 0.15) is 12.5 Å². The monoisotopic (exact) mass is 251 g/mol. The third-order valence-corrected chi connectivity index (χ3v) is 2.63. The minimum Gasteiger partial charge on any atom is -0.378 e. The molecule has 2 rings (SSSR count). The van der Waals surface area contributed by atoms with Gasteiger partial charge in [-0.2, -0.15) is 5.10 Å². The van der Waals surface area contributed by atoms with E-state index < -0.39 is 6.67 Å². The second kappa shape index (κ2) is 5.62. The van der Waals surface area contributed by atoms with Crippen LogP contribution in [0.4, 0.5) is 14.5 Å². The van der Waals surface area contributed by atoms with Crippen molar-refractivity contribution < 1.29 is 8.78 Å². The number of aromatic nitrogens is 2. The van der Waals surface area contributed by atoms with Crippen LogP contribution in [0.2, 0.25) is 0 Å². The molecule has 0 saturated heterocycles. The lowest BCUT2D eigenvalue weighted by atomic mass is 10.2. The summed E-state index contributed by atoms with van der Waals surface area (Å²) in [5.74, 6) is -0.251. The summed E-state index contributed by atoms with van der Waals surface area (Å²) in [6, 6.07) is 6.41. The van der Waals surface area contributed by atoms with Gasteiger partial charge in [-0.3, -0.25) is 4.68 Å². The number of hydrogen-bond donors (Lipinski definition) is 1. The first-order valence-corrected chi connectivity index (χ1v) is 5.77. The number of hydrogen-bond acceptors (Lipinski definition) is 2. The van der Waals surface area contributed by atoms with Crippen LogP contribution in [0.3, 0.4) is 0 Å². The normalized spacial score (nSPS) is 10.6. The molecule has 1 N–H and O–H groups in total. The Balaban J connectivity index is 2.01. The van der Waals surface area contributed by atoms with E-state index in [0.29, 0.717) is 6.54 Å². The van der Waals surface area contributed by atoms with Gasteiger partial charge in [0.05, 0.1) is 17.9 Å². The van der Waals surface area contributed by atoms with Crippen LogP contribution in [0.15, 0.2) is 30.5 Å². The number of benzene rings is 1. The third-order valence-electron chi connectivity index (χ3n) is 2.63. The Morgan fingerprint density at radius 3 is 2.94 bits per heavy atom. The quantitative estimate of drug-likeness (QED) is 0.885. The highest BCUT2D eigenvalue weighted by atomic mass is 19.1. The van der Waals surface area contributed by atoms with Crippen LogP contribution in [0, 0.1) is 12.7 Å². The summed E-state index contributed by atoms with van der Waals surface area (Å²) in [6.45, 7) is 2.18. The van der Waals surface area contributed by atoms with Crippen molar-refractivity contribution in [1.29, 1.82) is 0 Å². The van der Waals surface area contributed by atoms with Crippen molar-refractivity contribution in [1.82, 2.24) is 9.78 Å². The molecule has 0 aliphatic heterocycles. The maximum Gasteiger partial charge on any atom is 0.123 e. The van der Waals surface area contributed by atoms with E-state index in [-0.39, 0.29) is 12.4 Å². The Hall–Kier alpha value is -1.91. The molecule has 0 amide bonds. The zero-order valence-electron chi connectivity index (χ0n) is 10.2. The summed E-state index contributed by atoms with van der Waals surface area (Å²) in [4.78, 5) is 0. The average molecular weight is 251 g/mol. The number of rotatable bonds is 5. The lowest BCUT2D eigenvalue weighted by molar-refractivity contribution is 0.426. The van der Waals surface area contributed by atoms with Gasteiger partial charge in [-0.05, 0) is 24.6 Å². The number of halogens is 2. The predicted molar refractivity (Wildman–Crippen MR) is 66.7 cm³/mol. The second-order valence-corrected chi connectivity index (χ2v) is 4.06. The van der Waals surface area contributed by atoms with E-state index in [9.17, 15) is 8.78 Å². The van der Waals surface area contributed by atoms with Gasteiger partial charge in [0.2, 0.25) is 0 Å². The van der Waals surface area contributed by atoms with Gasteiger partial charge in [0, 0.05) is 12.7 Å². The Morgan fingerprint density at radius 2 is 2.22 bits per heavy atom. The first kappa shape index (κ1) is 12.5. The van der Waals surface area contributed by atoms with E-state index in [1.807, 2.05) is 13.0 Å². The first-order chi connectivity index (χ1) is 8.69. The Kier molecular flexibility index (Phi) is 3.92. The Morgan fingerprint density at radius 1 is 1.39 bits per heavy atom. The minimum absolute atomic E-state index is 0.251. The predicted octanol–water partition coefficient (Wildman–Crippen LogP) is 2.91. The molecule has 2 aromatic rings. The van der Waals surface area contributed by atoms with Crippen molar-refractivity contribution >= 4 is 5.69 Å². The topological polar surface area (TPSA) is 29.9 Å². The molecular formula is C13H15F2N3. The van der Waals surface area contributed by atoms with E-state index >= 15 is 0 Å². The zero-order chi connectivity index (χ0) is 13.0. The maximum atomic E-state index is 13.0. The van der Waals surface area contributed by atoms with Crippen molar-refractivity contribution in [3.05, 3.63) is 47.5 Å². The van der Waals surface area contributed by atoms with Gasteiger partial charge in [-0.15, -0.1) is 0 Å². The highest BCUT2D eigenvalue weighted by Crippen LogP contribution is 2.14. The molecule has 0 unspecified atom stereocenters. The summed E-state index contributed by atoms with van der Waals surface area (Å²) in [5, 5.41) is 7.33. The molecule has 1 aromatic carbocycles. The standard InChI is InChI=1S/C13H15F2N3/c1-10-13(9-18(17-10)6-5-14)16-8-11-3-2-4-12(15)7-11/h2-4,7,9,16H,5-6,8H2,1H3. The molecule has 96 valence electrons. The average Bonchev–Trinajstić information content (AvgIpc) is 2.68. The summed E-state index contributed by atoms with van der Waals surface area (Å²) >= 11 is 0. The van der Waals surface area contributed by atoms with Crippen molar-refractivity contribution in [2.24, 2.45) is 0 Å². The molecule has 0 aliphatic carbocycles. The molecule has 0 aliphatic rings. The molecule has 1 aromatic heterocycles. The molecule has 0 atom stereocenters. The van der Waals surface area contributed by atoms with Crippen LogP contribution in [0.25, 0.3) is 0 Å². The molecule has 0 saturated carbocycles. The van der Waals surface area contributed by atoms with Crippen LogP contribution in [0.1, 0.15) is 11.3 Å². The summed E-state index contributed by atoms with van der Waals surface area (Å²) in [7, 11) is 0. The van der Waals surface area contributed by atoms with Crippen LogP contribution < -0.4 is 5.32 Å². The molecule has 0 spiro atoms. The van der Waals surface area contributed by atoms with Gasteiger partial charge in [-0.25, -0.2) is 8.78 Å². The van der Waals surface area contributed by atoms with E-state index in [1.54, 1.807) is 16.9 Å². The summed E-state index contributed by atoms with van der Waals surface area (Å²) in [5.41, 5.74) is 2.50. The highest BCUT2D eigenvalue weighted by molar-refractivity contribution is 5.46. The van der Waals surface area contributed by atoms with Crippen LogP contribution in [-0.2, 0) is 13.1 Å². The van der Waals surface area contributed by atoms with Crippen molar-refractivity contribution in [2.75, 3.05) is 12.0 Å². The molecule has 0 fully saturated rings. The van der Waals surface area contributed by atoms with E-state index in [0.717, 1.165) is 16.9 Å². The Labute approximate surface area is 104 Å². The molecule has 1 heterocycles. The van der Waals surface area contributed by atoms with Gasteiger partial charge in [0.25, 0.3) is 0 Å². The van der Waals surface area contributed by atoms with E-state index in [1.165, 1.54) is 12.1 Å². The van der Waals surface area contributed by atoms with Crippen molar-refractivity contribution in [3.63, 3.8) is 0 Å². The number of alkyl halides is 1. The maximum absolute atomic E-state index is 13.0. The first-order valence-electron chi connectivity index (χ1n) is 5.77. The van der Waals surface area contributed by atoms with E-state index in [2.05, 4.69) is 10.4 Å². The van der Waals surface area contributed by atoms with Gasteiger partial charge in [0.15, 0.2) is 0 Å². The van der Waals surface area contributed by atoms with Gasteiger partial charge < -0.3 is 5.32 Å². The minimum atomic E-state index is -0.440. The van der Waals surface area contributed by atoms with E-state index in [4.69, 9.17) is 0 Å². The van der Waals surface area contributed by atoms with Crippen LogP contribution in [0.5, 0.6) is 0 Å². The number of aryl methyl sites for hydroxylation is 2. The fraction of sp³-hybridized carbons (Fsp3) is 0.308. The number of nitrogens with zero attached hydrogens (tertiary/aromatic N) is 2. The summed E-state index contributed by atoms with van der Waals surface area (Å²) in [6.07, 6.45) is 1.76. The van der Waals surface area contributed by atoms with Crippen LogP contribution >= 0.6 is 0 Å². The lowest BCUT2D eigenvalue weighted by Crippen LogP contribution is -2.00. The molecule has 0 bridgehead atoms. The fourth-order valence-corrected chi connectivity index (χ4v) is 1.74. The van der Waals surface area contributed by atoms with Crippen molar-refractivity contribution in [3.8, 4) is 0 Å². The number of nitrogens with one attached hydrogen (secondary N) is 1. The zero-order valence-corrected chi connectivity index (χ0v) is 10.2. The van der Waals surface area contributed by atoms with Gasteiger partial charge >= 0.3 is 0 Å². The molecule has 0 radical (unpaired) electrons. The Bertz CT molecular complexity index is 523.